The minimum absolute atomic E-state index is 0.106. The van der Waals surface area contributed by atoms with Crippen LogP contribution in [0, 0.1) is 0 Å². The highest BCUT2D eigenvalue weighted by molar-refractivity contribution is 6.53. The summed E-state index contributed by atoms with van der Waals surface area (Å²) in [6.45, 7) is 2.10. The summed E-state index contributed by atoms with van der Waals surface area (Å²) in [5, 5.41) is 3.06. The SMILES string of the molecule is CCCc1ccc(OC(=O)c2ccc(NC3=C(Cl)C(=O)N(c4ccc(Cl)cc4Cl)C3=O)cc2)cc1. The maximum atomic E-state index is 12.9. The summed E-state index contributed by atoms with van der Waals surface area (Å²) < 4.78 is 5.42. The Hall–Kier alpha value is -3.32. The second-order valence-corrected chi connectivity index (χ2v) is 8.94. The van der Waals surface area contributed by atoms with Crippen LogP contribution in [-0.4, -0.2) is 17.8 Å². The minimum Gasteiger partial charge on any atom is -0.423 e. The molecule has 3 aromatic carbocycles. The van der Waals surface area contributed by atoms with Gasteiger partial charge >= 0.3 is 5.97 Å². The van der Waals surface area contributed by atoms with Crippen LogP contribution in [0.15, 0.2) is 77.5 Å². The van der Waals surface area contributed by atoms with Gasteiger partial charge in [0.1, 0.15) is 16.5 Å². The summed E-state index contributed by atoms with van der Waals surface area (Å²) in [5.41, 5.74) is 2.00. The Morgan fingerprint density at radius 2 is 1.60 bits per heavy atom. The molecule has 1 aliphatic rings. The van der Waals surface area contributed by atoms with E-state index in [2.05, 4.69) is 12.2 Å². The molecule has 1 heterocycles. The molecule has 0 saturated carbocycles. The Morgan fingerprint density at radius 1 is 0.914 bits per heavy atom. The van der Waals surface area contributed by atoms with Crippen molar-refractivity contribution in [1.29, 1.82) is 0 Å². The van der Waals surface area contributed by atoms with Gasteiger partial charge in [-0.25, -0.2) is 9.69 Å². The van der Waals surface area contributed by atoms with Gasteiger partial charge in [0.25, 0.3) is 11.8 Å². The number of amides is 2. The number of hydrogen-bond acceptors (Lipinski definition) is 5. The summed E-state index contributed by atoms with van der Waals surface area (Å²) in [6, 6.07) is 18.0. The van der Waals surface area contributed by atoms with Gasteiger partial charge in [-0.3, -0.25) is 9.59 Å². The monoisotopic (exact) mass is 528 g/mol. The molecule has 178 valence electrons. The molecule has 6 nitrogen and oxygen atoms in total. The molecule has 0 atom stereocenters. The highest BCUT2D eigenvalue weighted by Crippen LogP contribution is 2.35. The van der Waals surface area contributed by atoms with E-state index in [1.807, 2.05) is 12.1 Å². The van der Waals surface area contributed by atoms with E-state index in [9.17, 15) is 14.4 Å². The maximum absolute atomic E-state index is 12.9. The quantitative estimate of drug-likeness (QED) is 0.212. The number of imide groups is 1. The number of rotatable bonds is 7. The molecule has 1 aliphatic heterocycles. The molecule has 3 aromatic rings. The summed E-state index contributed by atoms with van der Waals surface area (Å²) in [5.74, 6) is -1.45. The van der Waals surface area contributed by atoms with Gasteiger partial charge in [-0.2, -0.15) is 0 Å². The van der Waals surface area contributed by atoms with Crippen LogP contribution in [0.25, 0.3) is 0 Å². The van der Waals surface area contributed by atoms with E-state index >= 15 is 0 Å². The summed E-state index contributed by atoms with van der Waals surface area (Å²) in [4.78, 5) is 39.0. The molecule has 0 fully saturated rings. The molecule has 0 bridgehead atoms. The van der Waals surface area contributed by atoms with E-state index in [1.165, 1.54) is 23.8 Å². The standard InChI is InChI=1S/C26H19Cl3N2O4/c1-2-3-15-4-11-19(12-5-15)35-26(34)16-6-9-18(10-7-16)30-23-22(29)24(32)31(25(23)33)21-13-8-17(27)14-20(21)28/h4-14,30H,2-3H2,1H3. The number of hydrogen-bond donors (Lipinski definition) is 1. The average Bonchev–Trinajstić information content (AvgIpc) is 3.04. The fraction of sp³-hybridized carbons (Fsp3) is 0.115. The molecule has 1 N–H and O–H groups in total. The Kier molecular flexibility index (Phi) is 7.45. The predicted octanol–water partition coefficient (Wildman–Crippen LogP) is 6.60. The third-order valence-corrected chi connectivity index (χ3v) is 6.13. The smallest absolute Gasteiger partial charge is 0.343 e. The number of anilines is 2. The third-order valence-electron chi connectivity index (χ3n) is 5.24. The van der Waals surface area contributed by atoms with Gasteiger partial charge < -0.3 is 10.1 Å². The first-order valence-electron chi connectivity index (χ1n) is 10.7. The minimum atomic E-state index is -0.714. The first-order chi connectivity index (χ1) is 16.8. The van der Waals surface area contributed by atoms with Crippen LogP contribution in [0.3, 0.4) is 0 Å². The molecule has 0 spiro atoms. The summed E-state index contributed by atoms with van der Waals surface area (Å²) in [7, 11) is 0. The molecule has 0 unspecified atom stereocenters. The van der Waals surface area contributed by atoms with Crippen LogP contribution < -0.4 is 15.0 Å². The van der Waals surface area contributed by atoms with Crippen molar-refractivity contribution in [2.75, 3.05) is 10.2 Å². The van der Waals surface area contributed by atoms with E-state index < -0.39 is 17.8 Å². The molecule has 0 aromatic heterocycles. The number of carbonyl (C=O) groups excluding carboxylic acids is 3. The van der Waals surface area contributed by atoms with Crippen molar-refractivity contribution in [1.82, 2.24) is 0 Å². The van der Waals surface area contributed by atoms with Crippen molar-refractivity contribution in [2.45, 2.75) is 19.8 Å². The van der Waals surface area contributed by atoms with Crippen LogP contribution in [0.1, 0.15) is 29.3 Å². The molecule has 0 radical (unpaired) electrons. The largest absolute Gasteiger partial charge is 0.423 e. The van der Waals surface area contributed by atoms with Crippen molar-refractivity contribution >= 4 is 64.0 Å². The zero-order valence-corrected chi connectivity index (χ0v) is 20.7. The number of aryl methyl sites for hydroxylation is 1. The van der Waals surface area contributed by atoms with Crippen LogP contribution in [0.5, 0.6) is 5.75 Å². The van der Waals surface area contributed by atoms with Gasteiger partial charge in [0.15, 0.2) is 0 Å². The molecule has 0 saturated heterocycles. The van der Waals surface area contributed by atoms with Crippen molar-refractivity contribution < 1.29 is 19.1 Å². The van der Waals surface area contributed by atoms with E-state index in [-0.39, 0.29) is 21.4 Å². The summed E-state index contributed by atoms with van der Waals surface area (Å²) >= 11 is 18.2. The lowest BCUT2D eigenvalue weighted by Gasteiger charge is -2.16. The predicted molar refractivity (Wildman–Crippen MR) is 137 cm³/mol. The number of nitrogens with zero attached hydrogens (tertiary/aromatic N) is 1. The van der Waals surface area contributed by atoms with Crippen LogP contribution in [0.2, 0.25) is 10.0 Å². The molecule has 0 aliphatic carbocycles. The molecule has 9 heteroatoms. The molecule has 35 heavy (non-hydrogen) atoms. The molecular formula is C26H19Cl3N2O4. The Morgan fingerprint density at radius 3 is 2.23 bits per heavy atom. The molecule has 2 amide bonds. The number of ether oxygens (including phenoxy) is 1. The molecule has 4 rings (SSSR count). The zero-order valence-electron chi connectivity index (χ0n) is 18.5. The van der Waals surface area contributed by atoms with E-state index in [0.717, 1.165) is 17.7 Å². The number of esters is 1. The normalized spacial score (nSPS) is 13.4. The van der Waals surface area contributed by atoms with Gasteiger partial charge in [-0.15, -0.1) is 0 Å². The first-order valence-corrected chi connectivity index (χ1v) is 11.8. The van der Waals surface area contributed by atoms with Crippen molar-refractivity contribution in [3.63, 3.8) is 0 Å². The second kappa shape index (κ2) is 10.5. The summed E-state index contributed by atoms with van der Waals surface area (Å²) in [6.07, 6.45) is 2.00. The molecular weight excluding hydrogens is 511 g/mol. The topological polar surface area (TPSA) is 75.7 Å². The fourth-order valence-corrected chi connectivity index (χ4v) is 4.21. The highest BCUT2D eigenvalue weighted by Gasteiger charge is 2.39. The van der Waals surface area contributed by atoms with Gasteiger partial charge in [-0.1, -0.05) is 60.3 Å². The number of nitrogens with one attached hydrogen (secondary N) is 1. The van der Waals surface area contributed by atoms with E-state index in [0.29, 0.717) is 22.0 Å². The van der Waals surface area contributed by atoms with Crippen LogP contribution in [-0.2, 0) is 16.0 Å². The first kappa shape index (κ1) is 24.8. The Bertz CT molecular complexity index is 1340. The lowest BCUT2D eigenvalue weighted by atomic mass is 10.1. The van der Waals surface area contributed by atoms with E-state index in [4.69, 9.17) is 39.5 Å². The van der Waals surface area contributed by atoms with Crippen LogP contribution >= 0.6 is 34.8 Å². The Labute approximate surface area is 217 Å². The van der Waals surface area contributed by atoms with Crippen molar-refractivity contribution in [3.8, 4) is 5.75 Å². The zero-order chi connectivity index (χ0) is 25.1. The lowest BCUT2D eigenvalue weighted by molar-refractivity contribution is -0.120. The van der Waals surface area contributed by atoms with E-state index in [1.54, 1.807) is 36.4 Å². The highest BCUT2D eigenvalue weighted by atomic mass is 35.5. The lowest BCUT2D eigenvalue weighted by Crippen LogP contribution is -2.32. The number of carbonyl (C=O) groups is 3. The number of benzene rings is 3. The second-order valence-electron chi connectivity index (χ2n) is 7.72. The average molecular weight is 530 g/mol. The van der Waals surface area contributed by atoms with Crippen molar-refractivity contribution in [2.24, 2.45) is 0 Å². The van der Waals surface area contributed by atoms with Gasteiger partial charge in [0.05, 0.1) is 16.3 Å². The van der Waals surface area contributed by atoms with Gasteiger partial charge in [0.2, 0.25) is 0 Å². The number of halogens is 3. The van der Waals surface area contributed by atoms with Crippen LogP contribution in [0.4, 0.5) is 11.4 Å². The fourth-order valence-electron chi connectivity index (χ4n) is 3.51. The Balaban J connectivity index is 1.45. The van der Waals surface area contributed by atoms with Crippen molar-refractivity contribution in [3.05, 3.63) is 98.6 Å². The van der Waals surface area contributed by atoms with Gasteiger partial charge in [-0.05, 0) is 66.6 Å². The maximum Gasteiger partial charge on any atom is 0.343 e. The third kappa shape index (κ3) is 5.35. The van der Waals surface area contributed by atoms with Gasteiger partial charge in [0, 0.05) is 10.7 Å².